The molecule has 21 heavy (non-hydrogen) atoms. The van der Waals surface area contributed by atoms with Gasteiger partial charge in [-0.25, -0.2) is 0 Å². The molecule has 0 bridgehead atoms. The number of anilines is 1. The van der Waals surface area contributed by atoms with Crippen LogP contribution in [0.5, 0.6) is 5.75 Å². The number of benzene rings is 1. The largest absolute Gasteiger partial charge is 0.496 e. The maximum atomic E-state index is 10.1. The smallest absolute Gasteiger partial charge is 0.211 e. The molecule has 0 heterocycles. The van der Waals surface area contributed by atoms with E-state index in [1.54, 1.807) is 13.2 Å². The van der Waals surface area contributed by atoms with Crippen LogP contribution in [0.3, 0.4) is 0 Å². The van der Waals surface area contributed by atoms with Gasteiger partial charge in [-0.2, -0.15) is 0 Å². The third-order valence-corrected chi connectivity index (χ3v) is 4.06. The summed E-state index contributed by atoms with van der Waals surface area (Å²) in [5.41, 5.74) is 1.79. The lowest BCUT2D eigenvalue weighted by Crippen LogP contribution is -2.04. The highest BCUT2D eigenvalue weighted by atomic mass is 16.5. The van der Waals surface area contributed by atoms with Crippen LogP contribution in [0.2, 0.25) is 0 Å². The van der Waals surface area contributed by atoms with Crippen molar-refractivity contribution in [2.45, 2.75) is 58.8 Å². The highest BCUT2D eigenvalue weighted by Gasteiger charge is 2.11. The molecule has 1 saturated carbocycles. The summed E-state index contributed by atoms with van der Waals surface area (Å²) in [7, 11) is 1.60. The van der Waals surface area contributed by atoms with Crippen molar-refractivity contribution in [3.8, 4) is 5.75 Å². The zero-order valence-electron chi connectivity index (χ0n) is 13.7. The van der Waals surface area contributed by atoms with Crippen molar-refractivity contribution in [1.82, 2.24) is 0 Å². The average molecular weight is 291 g/mol. The number of nitrogens with one attached hydrogen (secondary N) is 1. The van der Waals surface area contributed by atoms with Gasteiger partial charge in [0.25, 0.3) is 0 Å². The van der Waals surface area contributed by atoms with Crippen LogP contribution >= 0.6 is 0 Å². The number of aryl methyl sites for hydroxylation is 1. The molecule has 3 heteroatoms. The Morgan fingerprint density at radius 2 is 2.00 bits per heavy atom. The van der Waals surface area contributed by atoms with Crippen LogP contribution in [0.4, 0.5) is 5.69 Å². The predicted octanol–water partition coefficient (Wildman–Crippen LogP) is 4.94. The van der Waals surface area contributed by atoms with Crippen molar-refractivity contribution in [1.29, 1.82) is 0 Å². The molecular weight excluding hydrogens is 262 g/mol. The van der Waals surface area contributed by atoms with Crippen LogP contribution in [-0.2, 0) is 4.79 Å². The molecule has 0 spiro atoms. The Bertz CT molecular complexity index is 409. The number of hydrogen-bond donors (Lipinski definition) is 1. The van der Waals surface area contributed by atoms with E-state index in [0.29, 0.717) is 6.41 Å². The molecule has 1 fully saturated rings. The second kappa shape index (κ2) is 10.3. The molecule has 3 nitrogen and oxygen atoms in total. The van der Waals surface area contributed by atoms with E-state index >= 15 is 0 Å². The van der Waals surface area contributed by atoms with E-state index in [0.717, 1.165) is 22.9 Å². The Morgan fingerprint density at radius 3 is 2.57 bits per heavy atom. The molecule has 2 rings (SSSR count). The second-order valence-electron chi connectivity index (χ2n) is 5.74. The van der Waals surface area contributed by atoms with Crippen LogP contribution in [-0.4, -0.2) is 13.5 Å². The van der Waals surface area contributed by atoms with Crippen molar-refractivity contribution >= 4 is 12.1 Å². The van der Waals surface area contributed by atoms with Gasteiger partial charge in [0.15, 0.2) is 0 Å². The summed E-state index contributed by atoms with van der Waals surface area (Å²) in [5, 5.41) is 2.55. The molecule has 118 valence electrons. The van der Waals surface area contributed by atoms with E-state index in [9.17, 15) is 4.79 Å². The Balaban J connectivity index is 0.000000219. The lowest BCUT2D eigenvalue weighted by Gasteiger charge is -2.20. The molecule has 1 amide bonds. The molecule has 1 aliphatic rings. The minimum Gasteiger partial charge on any atom is -0.496 e. The Hall–Kier alpha value is -1.51. The van der Waals surface area contributed by atoms with E-state index < -0.39 is 0 Å². The van der Waals surface area contributed by atoms with Crippen molar-refractivity contribution in [2.24, 2.45) is 5.92 Å². The second-order valence-corrected chi connectivity index (χ2v) is 5.74. The summed E-state index contributed by atoms with van der Waals surface area (Å²) in [6, 6.07) is 5.50. The topological polar surface area (TPSA) is 38.3 Å². The Labute approximate surface area is 129 Å². The van der Waals surface area contributed by atoms with Gasteiger partial charge in [-0.15, -0.1) is 0 Å². The van der Waals surface area contributed by atoms with E-state index in [1.807, 2.05) is 19.1 Å². The first kappa shape index (κ1) is 17.5. The van der Waals surface area contributed by atoms with Gasteiger partial charge in [-0.05, 0) is 24.5 Å². The quantitative estimate of drug-likeness (QED) is 0.780. The molecule has 1 aromatic carbocycles. The first-order valence-electron chi connectivity index (χ1n) is 8.06. The summed E-state index contributed by atoms with van der Waals surface area (Å²) in [5.74, 6) is 1.88. The van der Waals surface area contributed by atoms with Gasteiger partial charge in [-0.3, -0.25) is 4.79 Å². The third-order valence-electron chi connectivity index (χ3n) is 4.06. The molecule has 0 aromatic heterocycles. The van der Waals surface area contributed by atoms with Gasteiger partial charge in [-0.1, -0.05) is 57.9 Å². The van der Waals surface area contributed by atoms with Crippen molar-refractivity contribution in [3.63, 3.8) is 0 Å². The predicted molar refractivity (Wildman–Crippen MR) is 88.9 cm³/mol. The molecule has 1 N–H and O–H groups in total. The monoisotopic (exact) mass is 291 g/mol. The van der Waals surface area contributed by atoms with Crippen LogP contribution in [0.25, 0.3) is 0 Å². The third kappa shape index (κ3) is 6.65. The average Bonchev–Trinajstić information content (AvgIpc) is 2.51. The summed E-state index contributed by atoms with van der Waals surface area (Å²) < 4.78 is 5.08. The van der Waals surface area contributed by atoms with Crippen LogP contribution in [0, 0.1) is 12.8 Å². The fraction of sp³-hybridized carbons (Fsp3) is 0.611. The van der Waals surface area contributed by atoms with Gasteiger partial charge >= 0.3 is 0 Å². The van der Waals surface area contributed by atoms with Gasteiger partial charge < -0.3 is 10.1 Å². The minimum absolute atomic E-state index is 0.643. The maximum absolute atomic E-state index is 10.1. The number of rotatable bonds is 5. The normalized spacial score (nSPS) is 14.8. The number of hydrogen-bond acceptors (Lipinski definition) is 2. The zero-order valence-corrected chi connectivity index (χ0v) is 13.7. The van der Waals surface area contributed by atoms with Crippen LogP contribution < -0.4 is 10.1 Å². The van der Waals surface area contributed by atoms with Crippen molar-refractivity contribution in [2.75, 3.05) is 12.4 Å². The Kier molecular flexibility index (Phi) is 8.56. The number of carbonyl (C=O) groups excluding carboxylic acids is 1. The highest BCUT2D eigenvalue weighted by Crippen LogP contribution is 2.26. The zero-order chi connectivity index (χ0) is 15.5. The van der Waals surface area contributed by atoms with Gasteiger partial charge in [0.2, 0.25) is 6.41 Å². The lowest BCUT2D eigenvalue weighted by molar-refractivity contribution is -0.105. The molecule has 0 saturated heterocycles. The fourth-order valence-electron chi connectivity index (χ4n) is 2.86. The van der Waals surface area contributed by atoms with E-state index in [2.05, 4.69) is 12.2 Å². The molecule has 1 aromatic rings. The number of ether oxygens (including phenoxy) is 1. The minimum atomic E-state index is 0.643. The number of amides is 1. The van der Waals surface area contributed by atoms with Crippen molar-refractivity contribution in [3.05, 3.63) is 23.8 Å². The number of methoxy groups -OCH3 is 1. The summed E-state index contributed by atoms with van der Waals surface area (Å²) in [6.07, 6.45) is 11.1. The molecular formula is C18H29NO2. The van der Waals surface area contributed by atoms with E-state index in [4.69, 9.17) is 4.74 Å². The molecule has 0 unspecified atom stereocenters. The summed E-state index contributed by atoms with van der Waals surface area (Å²) >= 11 is 0. The fourth-order valence-corrected chi connectivity index (χ4v) is 2.86. The molecule has 1 aliphatic carbocycles. The molecule has 0 aliphatic heterocycles. The standard InChI is InChI=1S/C9H11NO2.C9H18/c1-7-3-4-8(10-6-11)5-9(7)12-2;1-2-6-9-7-4-3-5-8-9/h3-6H,1-2H3,(H,10,11);9H,2-8H2,1H3. The van der Waals surface area contributed by atoms with Gasteiger partial charge in [0, 0.05) is 11.8 Å². The first-order chi connectivity index (χ1) is 10.2. The SMILES string of the molecule is CCCC1CCCCC1.COc1cc(NC=O)ccc1C. The van der Waals surface area contributed by atoms with E-state index in [-0.39, 0.29) is 0 Å². The van der Waals surface area contributed by atoms with Crippen LogP contribution in [0.1, 0.15) is 57.4 Å². The van der Waals surface area contributed by atoms with Gasteiger partial charge in [0.05, 0.1) is 7.11 Å². The lowest BCUT2D eigenvalue weighted by atomic mass is 9.86. The summed E-state index contributed by atoms with van der Waals surface area (Å²) in [6.45, 7) is 4.25. The van der Waals surface area contributed by atoms with E-state index in [1.165, 1.54) is 44.9 Å². The number of carbonyl (C=O) groups is 1. The maximum Gasteiger partial charge on any atom is 0.211 e. The first-order valence-corrected chi connectivity index (χ1v) is 8.06. The van der Waals surface area contributed by atoms with Crippen molar-refractivity contribution < 1.29 is 9.53 Å². The van der Waals surface area contributed by atoms with Gasteiger partial charge in [0.1, 0.15) is 5.75 Å². The molecule has 0 atom stereocenters. The Morgan fingerprint density at radius 1 is 1.29 bits per heavy atom. The highest BCUT2D eigenvalue weighted by molar-refractivity contribution is 5.72. The van der Waals surface area contributed by atoms with Crippen LogP contribution in [0.15, 0.2) is 18.2 Å². The molecule has 0 radical (unpaired) electrons. The summed E-state index contributed by atoms with van der Waals surface area (Å²) in [4.78, 5) is 10.1.